The van der Waals surface area contributed by atoms with E-state index >= 15 is 0 Å². The van der Waals surface area contributed by atoms with Crippen LogP contribution in [0.25, 0.3) is 0 Å². The molecule has 0 unspecified atom stereocenters. The van der Waals surface area contributed by atoms with Gasteiger partial charge in [-0.25, -0.2) is 5.01 Å². The normalized spacial score (nSPS) is 18.7. The topological polar surface area (TPSA) is 72.9 Å². The summed E-state index contributed by atoms with van der Waals surface area (Å²) in [6.45, 7) is 6.45. The molecule has 92 valence electrons. The van der Waals surface area contributed by atoms with Crippen LogP contribution in [-0.2, 0) is 9.59 Å². The minimum atomic E-state index is -0.806. The van der Waals surface area contributed by atoms with Gasteiger partial charge in [-0.3, -0.25) is 19.9 Å². The minimum absolute atomic E-state index is 0.00619. The predicted octanol–water partition coefficient (Wildman–Crippen LogP) is -0.624. The Kier molecular flexibility index (Phi) is 4.70. The summed E-state index contributed by atoms with van der Waals surface area (Å²) in [5, 5.41) is 10.5. The Balaban J connectivity index is 2.27. The van der Waals surface area contributed by atoms with Crippen molar-refractivity contribution in [3.63, 3.8) is 0 Å². The predicted molar refractivity (Wildman–Crippen MR) is 58.6 cm³/mol. The van der Waals surface area contributed by atoms with Crippen LogP contribution in [0.2, 0.25) is 0 Å². The summed E-state index contributed by atoms with van der Waals surface area (Å²) in [4.78, 5) is 23.8. The third-order valence-electron chi connectivity index (χ3n) is 2.52. The number of aliphatic carboxylic acids is 1. The van der Waals surface area contributed by atoms with Gasteiger partial charge in [0.2, 0.25) is 5.91 Å². The van der Waals surface area contributed by atoms with E-state index in [0.29, 0.717) is 26.2 Å². The van der Waals surface area contributed by atoms with Crippen molar-refractivity contribution in [1.29, 1.82) is 0 Å². The van der Waals surface area contributed by atoms with Crippen LogP contribution in [0.15, 0.2) is 0 Å². The van der Waals surface area contributed by atoms with E-state index in [1.807, 2.05) is 23.8 Å². The number of carboxylic acids is 1. The molecule has 0 aliphatic carbocycles. The maximum atomic E-state index is 11.4. The lowest BCUT2D eigenvalue weighted by Gasteiger charge is -2.34. The molecule has 0 aromatic rings. The fourth-order valence-corrected chi connectivity index (χ4v) is 1.49. The first kappa shape index (κ1) is 12.9. The molecule has 0 atom stereocenters. The summed E-state index contributed by atoms with van der Waals surface area (Å²) in [6, 6.07) is 0. The standard InChI is InChI=1S/C10H19N3O3/c1-8(2)10(16)11-13-5-3-12(4-6-13)7-9(14)15/h8H,3-7H2,1-2H3,(H,11,16)(H,14,15). The van der Waals surface area contributed by atoms with Gasteiger partial charge in [-0.2, -0.15) is 0 Å². The Morgan fingerprint density at radius 2 is 1.81 bits per heavy atom. The second kappa shape index (κ2) is 5.81. The first-order valence-electron chi connectivity index (χ1n) is 5.48. The molecular weight excluding hydrogens is 210 g/mol. The summed E-state index contributed by atoms with van der Waals surface area (Å²) in [6.07, 6.45) is 0. The smallest absolute Gasteiger partial charge is 0.317 e. The van der Waals surface area contributed by atoms with Gasteiger partial charge in [-0.1, -0.05) is 13.8 Å². The van der Waals surface area contributed by atoms with Crippen LogP contribution in [-0.4, -0.2) is 59.6 Å². The summed E-state index contributed by atoms with van der Waals surface area (Å²) >= 11 is 0. The fourth-order valence-electron chi connectivity index (χ4n) is 1.49. The zero-order chi connectivity index (χ0) is 12.1. The highest BCUT2D eigenvalue weighted by Crippen LogP contribution is 2.00. The van der Waals surface area contributed by atoms with Crippen molar-refractivity contribution in [2.24, 2.45) is 5.92 Å². The molecule has 2 N–H and O–H groups in total. The number of rotatable bonds is 4. The molecule has 1 aliphatic heterocycles. The lowest BCUT2D eigenvalue weighted by molar-refractivity contribution is -0.139. The largest absolute Gasteiger partial charge is 0.480 e. The third kappa shape index (κ3) is 4.16. The molecule has 1 rings (SSSR count). The Morgan fingerprint density at radius 1 is 1.25 bits per heavy atom. The average Bonchev–Trinajstić information content (AvgIpc) is 2.20. The van der Waals surface area contributed by atoms with E-state index in [9.17, 15) is 9.59 Å². The van der Waals surface area contributed by atoms with Crippen molar-refractivity contribution in [3.8, 4) is 0 Å². The van der Waals surface area contributed by atoms with Crippen LogP contribution in [0, 0.1) is 5.92 Å². The number of hydrogen-bond donors (Lipinski definition) is 2. The molecule has 1 saturated heterocycles. The Labute approximate surface area is 95.2 Å². The molecule has 16 heavy (non-hydrogen) atoms. The number of piperazine rings is 1. The van der Waals surface area contributed by atoms with Gasteiger partial charge < -0.3 is 5.11 Å². The van der Waals surface area contributed by atoms with E-state index in [-0.39, 0.29) is 18.4 Å². The molecule has 0 bridgehead atoms. The van der Waals surface area contributed by atoms with E-state index in [2.05, 4.69) is 5.43 Å². The number of nitrogens with zero attached hydrogens (tertiary/aromatic N) is 2. The zero-order valence-electron chi connectivity index (χ0n) is 9.77. The first-order chi connectivity index (χ1) is 7.49. The van der Waals surface area contributed by atoms with Gasteiger partial charge in [0.25, 0.3) is 0 Å². The van der Waals surface area contributed by atoms with Gasteiger partial charge in [-0.15, -0.1) is 0 Å². The van der Waals surface area contributed by atoms with Gasteiger partial charge in [0, 0.05) is 32.1 Å². The van der Waals surface area contributed by atoms with Gasteiger partial charge in [-0.05, 0) is 0 Å². The van der Waals surface area contributed by atoms with Crippen LogP contribution in [0.4, 0.5) is 0 Å². The van der Waals surface area contributed by atoms with Crippen molar-refractivity contribution in [3.05, 3.63) is 0 Å². The summed E-state index contributed by atoms with van der Waals surface area (Å²) < 4.78 is 0. The minimum Gasteiger partial charge on any atom is -0.480 e. The van der Waals surface area contributed by atoms with Crippen molar-refractivity contribution in [2.45, 2.75) is 13.8 Å². The number of hydrazine groups is 1. The number of nitrogens with one attached hydrogen (secondary N) is 1. The maximum absolute atomic E-state index is 11.4. The van der Waals surface area contributed by atoms with Crippen LogP contribution >= 0.6 is 0 Å². The van der Waals surface area contributed by atoms with Crippen molar-refractivity contribution in [2.75, 3.05) is 32.7 Å². The molecule has 1 aliphatic rings. The van der Waals surface area contributed by atoms with E-state index < -0.39 is 5.97 Å². The lowest BCUT2D eigenvalue weighted by atomic mass is 10.2. The quantitative estimate of drug-likeness (QED) is 0.672. The first-order valence-corrected chi connectivity index (χ1v) is 5.48. The number of amides is 1. The molecule has 0 aromatic heterocycles. The van der Waals surface area contributed by atoms with E-state index in [0.717, 1.165) is 0 Å². The van der Waals surface area contributed by atoms with Gasteiger partial charge in [0.05, 0.1) is 6.54 Å². The van der Waals surface area contributed by atoms with Gasteiger partial charge >= 0.3 is 5.97 Å². The molecule has 6 nitrogen and oxygen atoms in total. The maximum Gasteiger partial charge on any atom is 0.317 e. The highest BCUT2D eigenvalue weighted by Gasteiger charge is 2.20. The Bertz CT molecular complexity index is 260. The lowest BCUT2D eigenvalue weighted by Crippen LogP contribution is -2.54. The highest BCUT2D eigenvalue weighted by atomic mass is 16.4. The third-order valence-corrected chi connectivity index (χ3v) is 2.52. The molecule has 0 aromatic carbocycles. The molecule has 1 heterocycles. The molecule has 1 fully saturated rings. The van der Waals surface area contributed by atoms with Gasteiger partial charge in [0.1, 0.15) is 0 Å². The molecule has 6 heteroatoms. The van der Waals surface area contributed by atoms with Gasteiger partial charge in [0.15, 0.2) is 0 Å². The number of carboxylic acid groups (broad SMARTS) is 1. The van der Waals surface area contributed by atoms with Crippen LogP contribution < -0.4 is 5.43 Å². The van der Waals surface area contributed by atoms with E-state index in [4.69, 9.17) is 5.11 Å². The summed E-state index contributed by atoms with van der Waals surface area (Å²) in [5.41, 5.74) is 2.81. The van der Waals surface area contributed by atoms with Crippen molar-refractivity contribution < 1.29 is 14.7 Å². The summed E-state index contributed by atoms with van der Waals surface area (Å²) in [5.74, 6) is -0.830. The monoisotopic (exact) mass is 229 g/mol. The SMILES string of the molecule is CC(C)C(=O)NN1CCN(CC(=O)O)CC1. The molecule has 0 saturated carbocycles. The molecule has 0 radical (unpaired) electrons. The van der Waals surface area contributed by atoms with Crippen LogP contribution in [0.3, 0.4) is 0 Å². The second-order valence-corrected chi connectivity index (χ2v) is 4.29. The van der Waals surface area contributed by atoms with E-state index in [1.165, 1.54) is 0 Å². The number of hydrogen-bond acceptors (Lipinski definition) is 4. The van der Waals surface area contributed by atoms with E-state index in [1.54, 1.807) is 0 Å². The van der Waals surface area contributed by atoms with Crippen LogP contribution in [0.5, 0.6) is 0 Å². The number of carbonyl (C=O) groups is 2. The van der Waals surface area contributed by atoms with Crippen molar-refractivity contribution in [1.82, 2.24) is 15.3 Å². The Morgan fingerprint density at radius 3 is 2.25 bits per heavy atom. The molecule has 0 spiro atoms. The van der Waals surface area contributed by atoms with Crippen molar-refractivity contribution >= 4 is 11.9 Å². The molecular formula is C10H19N3O3. The highest BCUT2D eigenvalue weighted by molar-refractivity contribution is 5.77. The summed E-state index contributed by atoms with van der Waals surface area (Å²) in [7, 11) is 0. The fraction of sp³-hybridized carbons (Fsp3) is 0.800. The van der Waals surface area contributed by atoms with Crippen LogP contribution in [0.1, 0.15) is 13.8 Å². The second-order valence-electron chi connectivity index (χ2n) is 4.29. The number of carbonyl (C=O) groups excluding carboxylic acids is 1. The zero-order valence-corrected chi connectivity index (χ0v) is 9.77. The molecule has 1 amide bonds. The average molecular weight is 229 g/mol. The Hall–Kier alpha value is -1.14.